The predicted octanol–water partition coefficient (Wildman–Crippen LogP) is 1.39. The summed E-state index contributed by atoms with van der Waals surface area (Å²) in [6.45, 7) is 5.05. The summed E-state index contributed by atoms with van der Waals surface area (Å²) in [6.07, 6.45) is 0.325. The molecular formula is C14H21NO2. The topological polar surface area (TPSA) is 43.7 Å². The second kappa shape index (κ2) is 4.77. The number of aliphatic hydroxyl groups excluding tert-OH is 1. The number of hydrogen-bond donors (Lipinski definition) is 2. The molecule has 2 rings (SSSR count). The molecule has 1 aromatic rings. The zero-order chi connectivity index (χ0) is 12.5. The Morgan fingerprint density at radius 1 is 1.29 bits per heavy atom. The van der Waals surface area contributed by atoms with Crippen LogP contribution in [0.1, 0.15) is 25.8 Å². The molecule has 17 heavy (non-hydrogen) atoms. The molecule has 1 heterocycles. The van der Waals surface area contributed by atoms with Crippen LogP contribution in [0.2, 0.25) is 0 Å². The largest absolute Gasteiger partial charge is 0.392 e. The number of hydrogen-bond acceptors (Lipinski definition) is 3. The van der Waals surface area contributed by atoms with E-state index in [0.29, 0.717) is 13.0 Å². The molecule has 1 aliphatic heterocycles. The third kappa shape index (κ3) is 3.06. The second-order valence-corrected chi connectivity index (χ2v) is 5.47. The Labute approximate surface area is 103 Å². The highest BCUT2D eigenvalue weighted by atomic mass is 16.3. The first-order valence-corrected chi connectivity index (χ1v) is 6.15. The SMILES string of the molecule is CC(C)(O)C1CC(O)CN1Cc1ccccc1. The molecule has 1 saturated heterocycles. The van der Waals surface area contributed by atoms with Gasteiger partial charge >= 0.3 is 0 Å². The lowest BCUT2D eigenvalue weighted by Crippen LogP contribution is -2.45. The van der Waals surface area contributed by atoms with Crippen molar-refractivity contribution in [3.05, 3.63) is 35.9 Å². The summed E-state index contributed by atoms with van der Waals surface area (Å²) in [6, 6.07) is 10.2. The molecule has 0 saturated carbocycles. The molecule has 94 valence electrons. The van der Waals surface area contributed by atoms with Gasteiger partial charge in [0, 0.05) is 19.1 Å². The summed E-state index contributed by atoms with van der Waals surface area (Å²) in [4.78, 5) is 2.17. The lowest BCUT2D eigenvalue weighted by Gasteiger charge is -2.33. The van der Waals surface area contributed by atoms with Crippen molar-refractivity contribution in [2.45, 2.75) is 44.6 Å². The number of benzene rings is 1. The van der Waals surface area contributed by atoms with E-state index in [9.17, 15) is 10.2 Å². The molecule has 0 aromatic heterocycles. The number of rotatable bonds is 3. The fraction of sp³-hybridized carbons (Fsp3) is 0.571. The first-order valence-electron chi connectivity index (χ1n) is 6.15. The summed E-state index contributed by atoms with van der Waals surface area (Å²) in [5.41, 5.74) is 0.447. The Morgan fingerprint density at radius 2 is 1.94 bits per heavy atom. The van der Waals surface area contributed by atoms with Gasteiger partial charge in [-0.3, -0.25) is 4.90 Å². The van der Waals surface area contributed by atoms with Crippen molar-refractivity contribution in [2.75, 3.05) is 6.54 Å². The number of nitrogens with zero attached hydrogens (tertiary/aromatic N) is 1. The third-order valence-electron chi connectivity index (χ3n) is 3.43. The lowest BCUT2D eigenvalue weighted by atomic mass is 9.96. The lowest BCUT2D eigenvalue weighted by molar-refractivity contribution is -0.00528. The molecule has 3 nitrogen and oxygen atoms in total. The van der Waals surface area contributed by atoms with E-state index < -0.39 is 5.60 Å². The van der Waals surface area contributed by atoms with Crippen LogP contribution in [0.25, 0.3) is 0 Å². The number of β-amino-alcohol motifs (C(OH)–C–C–N with tert-alkyl or cyclic N) is 1. The van der Waals surface area contributed by atoms with E-state index in [1.807, 2.05) is 32.0 Å². The van der Waals surface area contributed by atoms with Crippen LogP contribution in [-0.4, -0.2) is 39.4 Å². The summed E-state index contributed by atoms with van der Waals surface area (Å²) in [7, 11) is 0. The van der Waals surface area contributed by atoms with Crippen molar-refractivity contribution in [3.63, 3.8) is 0 Å². The predicted molar refractivity (Wildman–Crippen MR) is 67.6 cm³/mol. The van der Waals surface area contributed by atoms with E-state index in [0.717, 1.165) is 6.54 Å². The second-order valence-electron chi connectivity index (χ2n) is 5.47. The van der Waals surface area contributed by atoms with Crippen molar-refractivity contribution in [1.82, 2.24) is 4.90 Å². The van der Waals surface area contributed by atoms with Gasteiger partial charge in [0.1, 0.15) is 0 Å². The molecule has 0 aliphatic carbocycles. The van der Waals surface area contributed by atoms with E-state index in [1.54, 1.807) is 0 Å². The van der Waals surface area contributed by atoms with Gasteiger partial charge in [0.25, 0.3) is 0 Å². The van der Waals surface area contributed by atoms with Crippen LogP contribution in [0.3, 0.4) is 0 Å². The molecule has 0 bridgehead atoms. The molecule has 1 fully saturated rings. The van der Waals surface area contributed by atoms with Crippen LogP contribution in [-0.2, 0) is 6.54 Å². The quantitative estimate of drug-likeness (QED) is 0.832. The Bertz CT molecular complexity index is 358. The maximum atomic E-state index is 10.1. The van der Waals surface area contributed by atoms with Gasteiger partial charge in [-0.1, -0.05) is 30.3 Å². The summed E-state index contributed by atoms with van der Waals surface area (Å²) in [5.74, 6) is 0. The highest BCUT2D eigenvalue weighted by Crippen LogP contribution is 2.28. The minimum atomic E-state index is -0.772. The molecule has 0 amide bonds. The first-order chi connectivity index (χ1) is 7.97. The van der Waals surface area contributed by atoms with Crippen LogP contribution in [0.4, 0.5) is 0 Å². The van der Waals surface area contributed by atoms with Crippen molar-refractivity contribution >= 4 is 0 Å². The standard InChI is InChI=1S/C14H21NO2/c1-14(2,17)13-8-12(16)10-15(13)9-11-6-4-3-5-7-11/h3-7,12-13,16-17H,8-10H2,1-2H3. The zero-order valence-electron chi connectivity index (χ0n) is 10.5. The maximum absolute atomic E-state index is 10.1. The fourth-order valence-corrected chi connectivity index (χ4v) is 2.61. The normalized spacial score (nSPS) is 26.4. The van der Waals surface area contributed by atoms with Gasteiger partial charge in [0.2, 0.25) is 0 Å². The maximum Gasteiger partial charge on any atom is 0.0747 e. The van der Waals surface area contributed by atoms with Gasteiger partial charge in [-0.05, 0) is 25.8 Å². The summed E-state index contributed by atoms with van der Waals surface area (Å²) in [5, 5.41) is 19.9. The Morgan fingerprint density at radius 3 is 2.53 bits per heavy atom. The van der Waals surface area contributed by atoms with Crippen LogP contribution in [0.5, 0.6) is 0 Å². The number of likely N-dealkylation sites (tertiary alicyclic amines) is 1. The minimum Gasteiger partial charge on any atom is -0.392 e. The van der Waals surface area contributed by atoms with Crippen LogP contribution in [0, 0.1) is 0 Å². The van der Waals surface area contributed by atoms with Gasteiger partial charge < -0.3 is 10.2 Å². The summed E-state index contributed by atoms with van der Waals surface area (Å²) < 4.78 is 0. The van der Waals surface area contributed by atoms with Crippen molar-refractivity contribution in [1.29, 1.82) is 0 Å². The van der Waals surface area contributed by atoms with E-state index in [4.69, 9.17) is 0 Å². The third-order valence-corrected chi connectivity index (χ3v) is 3.43. The van der Waals surface area contributed by atoms with E-state index in [2.05, 4.69) is 17.0 Å². The molecular weight excluding hydrogens is 214 g/mol. The van der Waals surface area contributed by atoms with E-state index in [1.165, 1.54) is 5.56 Å². The van der Waals surface area contributed by atoms with Gasteiger partial charge in [-0.15, -0.1) is 0 Å². The molecule has 1 aliphatic rings. The van der Waals surface area contributed by atoms with Crippen molar-refractivity contribution < 1.29 is 10.2 Å². The van der Waals surface area contributed by atoms with Gasteiger partial charge in [-0.2, -0.15) is 0 Å². The monoisotopic (exact) mass is 235 g/mol. The van der Waals surface area contributed by atoms with Gasteiger partial charge in [0.05, 0.1) is 11.7 Å². The molecule has 1 aromatic carbocycles. The Kier molecular flexibility index (Phi) is 3.52. The van der Waals surface area contributed by atoms with Crippen molar-refractivity contribution in [3.8, 4) is 0 Å². The van der Waals surface area contributed by atoms with E-state index >= 15 is 0 Å². The zero-order valence-corrected chi connectivity index (χ0v) is 10.5. The Balaban J connectivity index is 2.09. The average Bonchev–Trinajstić information content (AvgIpc) is 2.60. The highest BCUT2D eigenvalue weighted by Gasteiger charge is 2.39. The van der Waals surface area contributed by atoms with Crippen molar-refractivity contribution in [2.24, 2.45) is 0 Å². The van der Waals surface area contributed by atoms with Gasteiger partial charge in [-0.25, -0.2) is 0 Å². The van der Waals surface area contributed by atoms with Gasteiger partial charge in [0.15, 0.2) is 0 Å². The molecule has 0 radical (unpaired) electrons. The highest BCUT2D eigenvalue weighted by molar-refractivity contribution is 5.15. The molecule has 2 atom stereocenters. The Hall–Kier alpha value is -0.900. The average molecular weight is 235 g/mol. The van der Waals surface area contributed by atoms with Crippen LogP contribution in [0.15, 0.2) is 30.3 Å². The molecule has 2 N–H and O–H groups in total. The van der Waals surface area contributed by atoms with E-state index in [-0.39, 0.29) is 12.1 Å². The molecule has 2 unspecified atom stereocenters. The minimum absolute atomic E-state index is 0.0257. The summed E-state index contributed by atoms with van der Waals surface area (Å²) >= 11 is 0. The molecule has 0 spiro atoms. The fourth-order valence-electron chi connectivity index (χ4n) is 2.61. The smallest absolute Gasteiger partial charge is 0.0747 e. The first kappa shape index (κ1) is 12.6. The molecule has 3 heteroatoms. The number of aliphatic hydroxyl groups is 2. The van der Waals surface area contributed by atoms with Crippen LogP contribution < -0.4 is 0 Å². The van der Waals surface area contributed by atoms with Crippen LogP contribution >= 0.6 is 0 Å².